The van der Waals surface area contributed by atoms with Crippen molar-refractivity contribution in [3.63, 3.8) is 0 Å². The maximum absolute atomic E-state index is 5.62. The summed E-state index contributed by atoms with van der Waals surface area (Å²) >= 11 is 1.84. The standard InChI is InChI=1S/C26H29N3OS/c1-20(27-30-19-21-10-5-4-6-11-21)22-14-15-26-24(18-22)29(17-9-16-28(2)3)23-12-7-8-13-25(23)31-26/h4-8,10-15,18H,9,16-17,19H2,1-3H3/b27-20+. The number of benzene rings is 3. The van der Waals surface area contributed by atoms with Crippen LogP contribution in [0.5, 0.6) is 0 Å². The number of hydrogen-bond acceptors (Lipinski definition) is 5. The predicted molar refractivity (Wildman–Crippen MR) is 131 cm³/mol. The molecule has 0 spiro atoms. The van der Waals surface area contributed by atoms with Gasteiger partial charge in [0, 0.05) is 21.9 Å². The van der Waals surface area contributed by atoms with Crippen molar-refractivity contribution in [3.8, 4) is 0 Å². The lowest BCUT2D eigenvalue weighted by Gasteiger charge is -2.33. The molecule has 0 N–H and O–H groups in total. The molecule has 3 aromatic carbocycles. The van der Waals surface area contributed by atoms with Gasteiger partial charge in [-0.2, -0.15) is 0 Å². The van der Waals surface area contributed by atoms with Crippen LogP contribution < -0.4 is 4.90 Å². The minimum absolute atomic E-state index is 0.475. The van der Waals surface area contributed by atoms with E-state index in [1.807, 2.05) is 49.0 Å². The third-order valence-corrected chi connectivity index (χ3v) is 6.44. The van der Waals surface area contributed by atoms with E-state index in [-0.39, 0.29) is 0 Å². The number of hydrogen-bond donors (Lipinski definition) is 0. The smallest absolute Gasteiger partial charge is 0.142 e. The third-order valence-electron chi connectivity index (χ3n) is 5.31. The summed E-state index contributed by atoms with van der Waals surface area (Å²) in [5.41, 5.74) is 5.62. The second-order valence-corrected chi connectivity index (χ2v) is 9.08. The second kappa shape index (κ2) is 10.0. The highest BCUT2D eigenvalue weighted by molar-refractivity contribution is 7.99. The molecule has 31 heavy (non-hydrogen) atoms. The van der Waals surface area contributed by atoms with E-state index < -0.39 is 0 Å². The molecule has 3 aromatic rings. The van der Waals surface area contributed by atoms with Gasteiger partial charge in [0.2, 0.25) is 0 Å². The van der Waals surface area contributed by atoms with Gasteiger partial charge in [-0.1, -0.05) is 65.4 Å². The van der Waals surface area contributed by atoms with E-state index in [9.17, 15) is 0 Å². The fraction of sp³-hybridized carbons (Fsp3) is 0.269. The van der Waals surface area contributed by atoms with Gasteiger partial charge in [0.1, 0.15) is 6.61 Å². The molecule has 5 heteroatoms. The number of nitrogens with zero attached hydrogens (tertiary/aromatic N) is 3. The van der Waals surface area contributed by atoms with Crippen molar-refractivity contribution in [2.24, 2.45) is 5.16 Å². The zero-order valence-corrected chi connectivity index (χ0v) is 19.2. The lowest BCUT2D eigenvalue weighted by Crippen LogP contribution is -2.25. The summed E-state index contributed by atoms with van der Waals surface area (Å²) in [7, 11) is 4.25. The van der Waals surface area contributed by atoms with Crippen LogP contribution in [0.1, 0.15) is 24.5 Å². The Morgan fingerprint density at radius 2 is 1.68 bits per heavy atom. The SMILES string of the molecule is C/C(=N\OCc1ccccc1)c1ccc2c(c1)N(CCCN(C)C)c1ccccc1S2. The molecule has 0 saturated carbocycles. The highest BCUT2D eigenvalue weighted by Gasteiger charge is 2.23. The summed E-state index contributed by atoms with van der Waals surface area (Å²) in [6.07, 6.45) is 1.10. The van der Waals surface area contributed by atoms with Gasteiger partial charge in [0.05, 0.1) is 17.1 Å². The van der Waals surface area contributed by atoms with Crippen LogP contribution in [0.4, 0.5) is 11.4 Å². The molecule has 4 nitrogen and oxygen atoms in total. The lowest BCUT2D eigenvalue weighted by molar-refractivity contribution is 0.130. The van der Waals surface area contributed by atoms with Crippen molar-refractivity contribution >= 4 is 28.8 Å². The highest BCUT2D eigenvalue weighted by atomic mass is 32.2. The normalized spacial score (nSPS) is 13.2. The van der Waals surface area contributed by atoms with Gasteiger partial charge < -0.3 is 14.6 Å². The van der Waals surface area contributed by atoms with Gasteiger partial charge >= 0.3 is 0 Å². The average molecular weight is 432 g/mol. The van der Waals surface area contributed by atoms with Gasteiger partial charge in [-0.3, -0.25) is 0 Å². The van der Waals surface area contributed by atoms with E-state index in [0.29, 0.717) is 6.61 Å². The van der Waals surface area contributed by atoms with Crippen LogP contribution in [0.15, 0.2) is 87.7 Å². The van der Waals surface area contributed by atoms with Crippen molar-refractivity contribution in [2.75, 3.05) is 32.1 Å². The molecule has 0 amide bonds. The molecule has 1 aliphatic heterocycles. The summed E-state index contributed by atoms with van der Waals surface area (Å²) in [6, 6.07) is 25.4. The van der Waals surface area contributed by atoms with Crippen molar-refractivity contribution in [1.82, 2.24) is 4.90 Å². The second-order valence-electron chi connectivity index (χ2n) is 8.00. The lowest BCUT2D eigenvalue weighted by atomic mass is 10.1. The summed E-state index contributed by atoms with van der Waals surface area (Å²) in [4.78, 5) is 12.9. The average Bonchev–Trinajstić information content (AvgIpc) is 2.78. The molecule has 0 bridgehead atoms. The number of rotatable bonds is 8. The molecular formula is C26H29N3OS. The Labute approximate surface area is 189 Å². The Morgan fingerprint density at radius 1 is 0.935 bits per heavy atom. The molecule has 0 atom stereocenters. The van der Waals surface area contributed by atoms with Crippen LogP contribution >= 0.6 is 11.8 Å². The molecule has 0 fully saturated rings. The van der Waals surface area contributed by atoms with E-state index in [0.717, 1.165) is 36.3 Å². The Hall–Kier alpha value is -2.76. The maximum atomic E-state index is 5.62. The van der Waals surface area contributed by atoms with Crippen LogP contribution in [0.25, 0.3) is 0 Å². The third kappa shape index (κ3) is 5.30. The first-order valence-electron chi connectivity index (χ1n) is 10.7. The van der Waals surface area contributed by atoms with Gasteiger partial charge in [0.15, 0.2) is 0 Å². The maximum Gasteiger partial charge on any atom is 0.142 e. The Morgan fingerprint density at radius 3 is 2.48 bits per heavy atom. The van der Waals surface area contributed by atoms with Crippen molar-refractivity contribution in [1.29, 1.82) is 0 Å². The minimum atomic E-state index is 0.475. The monoisotopic (exact) mass is 431 g/mol. The number of fused-ring (bicyclic) bond motifs is 2. The van der Waals surface area contributed by atoms with Gasteiger partial charge in [-0.25, -0.2) is 0 Å². The number of anilines is 2. The molecule has 0 aliphatic carbocycles. The molecule has 0 unspecified atom stereocenters. The summed E-state index contributed by atoms with van der Waals surface area (Å²) in [5, 5.41) is 4.38. The molecule has 1 heterocycles. The van der Waals surface area contributed by atoms with Gasteiger partial charge in [-0.05, 0) is 63.8 Å². The Bertz CT molecular complexity index is 1050. The molecule has 1 aliphatic rings. The van der Waals surface area contributed by atoms with E-state index in [4.69, 9.17) is 4.84 Å². The van der Waals surface area contributed by atoms with E-state index in [1.54, 1.807) is 0 Å². The molecule has 4 rings (SSSR count). The van der Waals surface area contributed by atoms with Gasteiger partial charge in [0.25, 0.3) is 0 Å². The molecular weight excluding hydrogens is 402 g/mol. The zero-order chi connectivity index (χ0) is 21.6. The zero-order valence-electron chi connectivity index (χ0n) is 18.4. The number of oxime groups is 1. The Balaban J connectivity index is 1.56. The quantitative estimate of drug-likeness (QED) is 0.314. The predicted octanol–water partition coefficient (Wildman–Crippen LogP) is 6.18. The fourth-order valence-corrected chi connectivity index (χ4v) is 4.75. The first-order chi connectivity index (χ1) is 15.1. The summed E-state index contributed by atoms with van der Waals surface area (Å²) in [5.74, 6) is 0. The van der Waals surface area contributed by atoms with Crippen LogP contribution in [0, 0.1) is 0 Å². The van der Waals surface area contributed by atoms with E-state index in [2.05, 4.69) is 71.5 Å². The molecule has 0 aromatic heterocycles. The largest absolute Gasteiger partial charge is 0.391 e. The van der Waals surface area contributed by atoms with Crippen LogP contribution in [0.2, 0.25) is 0 Å². The van der Waals surface area contributed by atoms with Crippen LogP contribution in [-0.2, 0) is 11.4 Å². The van der Waals surface area contributed by atoms with E-state index in [1.165, 1.54) is 21.2 Å². The van der Waals surface area contributed by atoms with E-state index >= 15 is 0 Å². The van der Waals surface area contributed by atoms with Crippen molar-refractivity contribution < 1.29 is 4.84 Å². The molecule has 160 valence electrons. The first kappa shape index (κ1) is 21.5. The minimum Gasteiger partial charge on any atom is -0.391 e. The number of para-hydroxylation sites is 1. The Kier molecular flexibility index (Phi) is 6.95. The summed E-state index contributed by atoms with van der Waals surface area (Å²) in [6.45, 7) is 4.53. The van der Waals surface area contributed by atoms with Crippen LogP contribution in [0.3, 0.4) is 0 Å². The topological polar surface area (TPSA) is 28.1 Å². The molecule has 0 saturated heterocycles. The fourth-order valence-electron chi connectivity index (χ4n) is 3.67. The first-order valence-corrected chi connectivity index (χ1v) is 11.5. The van der Waals surface area contributed by atoms with Crippen molar-refractivity contribution in [2.45, 2.75) is 29.7 Å². The van der Waals surface area contributed by atoms with Crippen molar-refractivity contribution in [3.05, 3.63) is 83.9 Å². The molecule has 0 radical (unpaired) electrons. The van der Waals surface area contributed by atoms with Gasteiger partial charge in [-0.15, -0.1) is 0 Å². The highest BCUT2D eigenvalue weighted by Crippen LogP contribution is 2.48. The summed E-state index contributed by atoms with van der Waals surface area (Å²) < 4.78 is 0. The van der Waals surface area contributed by atoms with Crippen LogP contribution in [-0.4, -0.2) is 37.8 Å².